The first-order chi connectivity index (χ1) is 9.20. The van der Waals surface area contributed by atoms with Gasteiger partial charge in [-0.2, -0.15) is 9.98 Å². The van der Waals surface area contributed by atoms with Gasteiger partial charge in [-0.15, -0.1) is 0 Å². The molecule has 0 radical (unpaired) electrons. The van der Waals surface area contributed by atoms with E-state index in [2.05, 4.69) is 15.1 Å². The van der Waals surface area contributed by atoms with Crippen LogP contribution in [0.25, 0.3) is 0 Å². The second kappa shape index (κ2) is 6.54. The van der Waals surface area contributed by atoms with E-state index in [9.17, 15) is 0 Å². The molecule has 0 spiro atoms. The number of aromatic nitrogens is 2. The second-order valence-corrected chi connectivity index (χ2v) is 4.37. The molecule has 0 fully saturated rings. The highest BCUT2D eigenvalue weighted by atomic mass is 35.5. The quantitative estimate of drug-likeness (QED) is 0.624. The highest BCUT2D eigenvalue weighted by Gasteiger charge is 2.11. The zero-order chi connectivity index (χ0) is 13.7. The fourth-order valence-electron chi connectivity index (χ4n) is 1.38. The molecule has 0 amide bonds. The molecule has 0 saturated heterocycles. The summed E-state index contributed by atoms with van der Waals surface area (Å²) >= 11 is 12.1. The molecule has 1 aromatic carbocycles. The molecule has 2 rings (SSSR count). The van der Waals surface area contributed by atoms with E-state index in [-0.39, 0.29) is 5.95 Å². The van der Waals surface area contributed by atoms with Crippen molar-refractivity contribution in [1.29, 1.82) is 0 Å². The lowest BCUT2D eigenvalue weighted by molar-refractivity contribution is 0.343. The molecular formula is C12H11Cl2N3O2. The third-order valence-corrected chi connectivity index (χ3v) is 2.96. The van der Waals surface area contributed by atoms with Crippen molar-refractivity contribution in [2.75, 3.05) is 6.61 Å². The van der Waals surface area contributed by atoms with Gasteiger partial charge in [0.25, 0.3) is 5.95 Å². The fourth-order valence-corrected chi connectivity index (χ4v) is 1.91. The molecule has 0 saturated carbocycles. The number of nitrogens with zero attached hydrogens (tertiary/aromatic N) is 3. The van der Waals surface area contributed by atoms with Crippen LogP contribution in [0.2, 0.25) is 10.0 Å². The number of aliphatic imine (C=N–C) groups is 1. The fraction of sp³-hybridized carbons (Fsp3) is 0.250. The molecule has 19 heavy (non-hydrogen) atoms. The average molecular weight is 300 g/mol. The summed E-state index contributed by atoms with van der Waals surface area (Å²) in [5.41, 5.74) is 0.745. The zero-order valence-corrected chi connectivity index (χ0v) is 11.6. The van der Waals surface area contributed by atoms with Gasteiger partial charge in [-0.1, -0.05) is 29.3 Å². The first-order valence-corrected chi connectivity index (χ1v) is 6.36. The van der Waals surface area contributed by atoms with E-state index in [1.807, 2.05) is 6.92 Å². The van der Waals surface area contributed by atoms with Crippen molar-refractivity contribution < 1.29 is 9.26 Å². The van der Waals surface area contributed by atoms with Crippen LogP contribution >= 0.6 is 23.2 Å². The molecular weight excluding hydrogens is 289 g/mol. The van der Waals surface area contributed by atoms with Gasteiger partial charge in [0, 0.05) is 10.0 Å². The summed E-state index contributed by atoms with van der Waals surface area (Å²) in [4.78, 5) is 7.96. The Morgan fingerprint density at radius 1 is 1.37 bits per heavy atom. The maximum atomic E-state index is 6.06. The van der Waals surface area contributed by atoms with E-state index in [0.717, 1.165) is 5.56 Å². The average Bonchev–Trinajstić information content (AvgIpc) is 2.82. The molecule has 1 aromatic heterocycles. The maximum Gasteiger partial charge on any atom is 0.292 e. The van der Waals surface area contributed by atoms with Gasteiger partial charge in [-0.3, -0.25) is 0 Å². The summed E-state index contributed by atoms with van der Waals surface area (Å²) in [7, 11) is 0. The van der Waals surface area contributed by atoms with Gasteiger partial charge in [0.15, 0.2) is 6.40 Å². The minimum Gasteiger partial charge on any atom is -0.483 e. The lowest BCUT2D eigenvalue weighted by atomic mass is 10.1. The molecule has 0 aliphatic carbocycles. The summed E-state index contributed by atoms with van der Waals surface area (Å²) in [5.74, 6) is 0.588. The van der Waals surface area contributed by atoms with Crippen molar-refractivity contribution in [2.45, 2.75) is 13.3 Å². The Morgan fingerprint density at radius 3 is 2.79 bits per heavy atom. The number of benzene rings is 1. The van der Waals surface area contributed by atoms with Gasteiger partial charge in [0.2, 0.25) is 5.89 Å². The summed E-state index contributed by atoms with van der Waals surface area (Å²) in [6, 6.07) is 5.29. The molecule has 0 bridgehead atoms. The number of hydrogen-bond donors (Lipinski definition) is 0. The summed E-state index contributed by atoms with van der Waals surface area (Å²) < 4.78 is 10.0. The lowest BCUT2D eigenvalue weighted by Gasteiger charge is -2.02. The van der Waals surface area contributed by atoms with Crippen LogP contribution in [-0.4, -0.2) is 23.1 Å². The van der Waals surface area contributed by atoms with E-state index < -0.39 is 0 Å². The van der Waals surface area contributed by atoms with Gasteiger partial charge in [-0.25, -0.2) is 0 Å². The molecule has 7 heteroatoms. The number of halogens is 2. The van der Waals surface area contributed by atoms with Crippen LogP contribution in [-0.2, 0) is 11.2 Å². The minimum atomic E-state index is 0.201. The van der Waals surface area contributed by atoms with Crippen molar-refractivity contribution in [2.24, 2.45) is 4.99 Å². The smallest absolute Gasteiger partial charge is 0.292 e. The Bertz CT molecular complexity index is 564. The van der Waals surface area contributed by atoms with Gasteiger partial charge in [0.05, 0.1) is 13.0 Å². The molecule has 2 aromatic rings. The van der Waals surface area contributed by atoms with Crippen molar-refractivity contribution in [3.8, 4) is 0 Å². The standard InChI is InChI=1S/C12H11Cl2N3O2/c1-2-18-7-15-12-16-11(19-17-12)6-8-9(13)4-3-5-10(8)14/h3-5,7H,2,6H2,1H3. The molecule has 0 unspecified atom stereocenters. The second-order valence-electron chi connectivity index (χ2n) is 3.55. The Balaban J connectivity index is 2.12. The van der Waals surface area contributed by atoms with E-state index in [0.29, 0.717) is 29.0 Å². The van der Waals surface area contributed by atoms with Crippen LogP contribution < -0.4 is 0 Å². The monoisotopic (exact) mass is 299 g/mol. The van der Waals surface area contributed by atoms with Crippen molar-refractivity contribution in [3.63, 3.8) is 0 Å². The first kappa shape index (κ1) is 13.8. The van der Waals surface area contributed by atoms with Crippen molar-refractivity contribution in [3.05, 3.63) is 39.7 Å². The molecule has 100 valence electrons. The van der Waals surface area contributed by atoms with Gasteiger partial charge in [0.1, 0.15) is 0 Å². The lowest BCUT2D eigenvalue weighted by Crippen LogP contribution is -1.91. The van der Waals surface area contributed by atoms with Gasteiger partial charge in [-0.05, 0) is 29.8 Å². The molecule has 0 aliphatic rings. The molecule has 1 heterocycles. The van der Waals surface area contributed by atoms with E-state index in [1.54, 1.807) is 18.2 Å². The highest BCUT2D eigenvalue weighted by molar-refractivity contribution is 6.36. The third kappa shape index (κ3) is 3.68. The van der Waals surface area contributed by atoms with Gasteiger partial charge < -0.3 is 9.26 Å². The van der Waals surface area contributed by atoms with E-state index in [4.69, 9.17) is 32.5 Å². The topological polar surface area (TPSA) is 60.5 Å². The number of hydrogen-bond acceptors (Lipinski definition) is 5. The maximum absolute atomic E-state index is 6.06. The summed E-state index contributed by atoms with van der Waals surface area (Å²) in [5, 5.41) is 4.81. The molecule has 0 N–H and O–H groups in total. The van der Waals surface area contributed by atoms with Crippen LogP contribution in [0, 0.1) is 0 Å². The largest absolute Gasteiger partial charge is 0.483 e. The van der Waals surface area contributed by atoms with E-state index in [1.165, 1.54) is 6.40 Å². The highest BCUT2D eigenvalue weighted by Crippen LogP contribution is 2.26. The first-order valence-electron chi connectivity index (χ1n) is 5.60. The van der Waals surface area contributed by atoms with Crippen molar-refractivity contribution in [1.82, 2.24) is 10.1 Å². The molecule has 5 nitrogen and oxygen atoms in total. The van der Waals surface area contributed by atoms with Crippen LogP contribution in [0.3, 0.4) is 0 Å². The zero-order valence-electron chi connectivity index (χ0n) is 10.1. The van der Waals surface area contributed by atoms with Crippen LogP contribution in [0.15, 0.2) is 27.7 Å². The summed E-state index contributed by atoms with van der Waals surface area (Å²) in [6.45, 7) is 2.39. The number of ether oxygens (including phenoxy) is 1. The van der Waals surface area contributed by atoms with Crippen LogP contribution in [0.4, 0.5) is 5.95 Å². The Hall–Kier alpha value is -1.59. The molecule has 0 atom stereocenters. The van der Waals surface area contributed by atoms with E-state index >= 15 is 0 Å². The van der Waals surface area contributed by atoms with Crippen molar-refractivity contribution >= 4 is 35.6 Å². The van der Waals surface area contributed by atoms with Crippen LogP contribution in [0.1, 0.15) is 18.4 Å². The normalized spacial score (nSPS) is 11.1. The Labute approximate surface area is 120 Å². The number of rotatable bonds is 5. The van der Waals surface area contributed by atoms with Crippen LogP contribution in [0.5, 0.6) is 0 Å². The third-order valence-electron chi connectivity index (χ3n) is 2.26. The Morgan fingerprint density at radius 2 is 2.11 bits per heavy atom. The predicted molar refractivity (Wildman–Crippen MR) is 73.3 cm³/mol. The Kier molecular flexibility index (Phi) is 4.76. The van der Waals surface area contributed by atoms with Gasteiger partial charge >= 0.3 is 0 Å². The minimum absolute atomic E-state index is 0.201. The summed E-state index contributed by atoms with van der Waals surface area (Å²) in [6.07, 6.45) is 1.63. The predicted octanol–water partition coefficient (Wildman–Crippen LogP) is 3.66. The molecule has 0 aliphatic heterocycles. The SMILES string of the molecule is CCOC=Nc1noc(Cc2c(Cl)cccc2Cl)n1.